The number of primary amides is 1. The zero-order valence-electron chi connectivity index (χ0n) is 8.77. The van der Waals surface area contributed by atoms with Crippen molar-refractivity contribution >= 4 is 17.4 Å². The molecule has 3 nitrogen and oxygen atoms in total. The van der Waals surface area contributed by atoms with Crippen molar-refractivity contribution < 1.29 is 9.53 Å². The van der Waals surface area contributed by atoms with Crippen LogP contribution in [0.3, 0.4) is 0 Å². The molecule has 2 aromatic rings. The van der Waals surface area contributed by atoms with Gasteiger partial charge in [-0.2, -0.15) is 11.3 Å². The van der Waals surface area contributed by atoms with Gasteiger partial charge in [0.05, 0.1) is 0 Å². The van der Waals surface area contributed by atoms with Gasteiger partial charge in [0.2, 0.25) is 0 Å². The zero-order chi connectivity index (χ0) is 11.5. The van der Waals surface area contributed by atoms with Crippen molar-refractivity contribution in [2.75, 3.05) is 0 Å². The topological polar surface area (TPSA) is 52.3 Å². The van der Waals surface area contributed by atoms with Gasteiger partial charge >= 0.3 is 6.09 Å². The number of nitrogens with two attached hydrogens (primary N) is 1. The summed E-state index contributed by atoms with van der Waals surface area (Å²) in [6, 6.07) is 7.68. The number of benzene rings is 1. The van der Waals surface area contributed by atoms with Gasteiger partial charge in [-0.05, 0) is 40.9 Å². The van der Waals surface area contributed by atoms with Crippen LogP contribution in [0, 0.1) is 6.92 Å². The first-order valence-electron chi connectivity index (χ1n) is 4.77. The van der Waals surface area contributed by atoms with E-state index in [1.54, 1.807) is 17.4 Å². The average Bonchev–Trinajstić information content (AvgIpc) is 2.69. The summed E-state index contributed by atoms with van der Waals surface area (Å²) < 4.78 is 4.99. The Morgan fingerprint density at radius 1 is 1.38 bits per heavy atom. The van der Waals surface area contributed by atoms with Crippen LogP contribution in [-0.4, -0.2) is 6.09 Å². The minimum Gasteiger partial charge on any atom is -0.410 e. The molecular formula is C12H11NO2S. The Balaban J connectivity index is 2.48. The minimum absolute atomic E-state index is 0.505. The summed E-state index contributed by atoms with van der Waals surface area (Å²) in [7, 11) is 0. The highest BCUT2D eigenvalue weighted by Gasteiger charge is 2.09. The summed E-state index contributed by atoms with van der Waals surface area (Å²) in [5.41, 5.74) is 7.97. The molecule has 1 heterocycles. The summed E-state index contributed by atoms with van der Waals surface area (Å²) in [5.74, 6) is 0.505. The van der Waals surface area contributed by atoms with Gasteiger partial charge < -0.3 is 10.5 Å². The van der Waals surface area contributed by atoms with Gasteiger partial charge in [-0.3, -0.25) is 0 Å². The highest BCUT2D eigenvalue weighted by molar-refractivity contribution is 7.08. The lowest BCUT2D eigenvalue weighted by molar-refractivity contribution is 0.211. The van der Waals surface area contributed by atoms with Crippen molar-refractivity contribution in [3.05, 3.63) is 40.6 Å². The molecule has 2 rings (SSSR count). The van der Waals surface area contributed by atoms with E-state index in [-0.39, 0.29) is 0 Å². The summed E-state index contributed by atoms with van der Waals surface area (Å²) >= 11 is 1.59. The molecule has 0 saturated heterocycles. The van der Waals surface area contributed by atoms with Crippen LogP contribution < -0.4 is 10.5 Å². The Morgan fingerprint density at radius 2 is 2.19 bits per heavy atom. The van der Waals surface area contributed by atoms with E-state index in [2.05, 4.69) is 0 Å². The largest absolute Gasteiger partial charge is 0.410 e. The van der Waals surface area contributed by atoms with Gasteiger partial charge in [0, 0.05) is 5.56 Å². The van der Waals surface area contributed by atoms with Crippen LogP contribution in [0.15, 0.2) is 35.0 Å². The molecule has 0 aliphatic rings. The van der Waals surface area contributed by atoms with Crippen molar-refractivity contribution in [1.29, 1.82) is 0 Å². The lowest BCUT2D eigenvalue weighted by atomic mass is 10.1. The standard InChI is InChI=1S/C12H11NO2S/c1-8-2-3-10(9-4-5-16-7-9)11(6-8)15-12(13)14/h2-7H,1H3,(H2,13,14). The van der Waals surface area contributed by atoms with Crippen LogP contribution in [0.4, 0.5) is 4.79 Å². The summed E-state index contributed by atoms with van der Waals surface area (Å²) in [5, 5.41) is 3.97. The fourth-order valence-electron chi connectivity index (χ4n) is 1.48. The zero-order valence-corrected chi connectivity index (χ0v) is 9.58. The van der Waals surface area contributed by atoms with Gasteiger partial charge in [-0.15, -0.1) is 0 Å². The Labute approximate surface area is 97.5 Å². The van der Waals surface area contributed by atoms with E-state index < -0.39 is 6.09 Å². The second-order valence-electron chi connectivity index (χ2n) is 3.43. The van der Waals surface area contributed by atoms with Crippen molar-refractivity contribution in [1.82, 2.24) is 0 Å². The Kier molecular flexibility index (Phi) is 2.92. The van der Waals surface area contributed by atoms with Gasteiger partial charge in [-0.1, -0.05) is 12.1 Å². The molecule has 0 unspecified atom stereocenters. The van der Waals surface area contributed by atoms with Crippen molar-refractivity contribution in [2.45, 2.75) is 6.92 Å². The number of aryl methyl sites for hydroxylation is 1. The maximum absolute atomic E-state index is 10.8. The molecule has 0 atom stereocenters. The molecule has 16 heavy (non-hydrogen) atoms. The maximum atomic E-state index is 10.8. The van der Waals surface area contributed by atoms with Crippen LogP contribution in [0.2, 0.25) is 0 Å². The third-order valence-electron chi connectivity index (χ3n) is 2.18. The van der Waals surface area contributed by atoms with Crippen LogP contribution >= 0.6 is 11.3 Å². The van der Waals surface area contributed by atoms with Crippen LogP contribution in [0.25, 0.3) is 11.1 Å². The van der Waals surface area contributed by atoms with E-state index in [9.17, 15) is 4.79 Å². The van der Waals surface area contributed by atoms with Crippen LogP contribution in [-0.2, 0) is 0 Å². The average molecular weight is 233 g/mol. The molecule has 0 fully saturated rings. The molecule has 0 saturated carbocycles. The Hall–Kier alpha value is -1.81. The first-order valence-corrected chi connectivity index (χ1v) is 5.71. The van der Waals surface area contributed by atoms with E-state index >= 15 is 0 Å². The predicted octanol–water partition coefficient (Wildman–Crippen LogP) is 3.18. The van der Waals surface area contributed by atoms with Crippen LogP contribution in [0.5, 0.6) is 5.75 Å². The second kappa shape index (κ2) is 4.37. The monoisotopic (exact) mass is 233 g/mol. The van der Waals surface area contributed by atoms with Gasteiger partial charge in [-0.25, -0.2) is 4.79 Å². The summed E-state index contributed by atoms with van der Waals surface area (Å²) in [6.07, 6.45) is -0.790. The maximum Gasteiger partial charge on any atom is 0.409 e. The molecule has 1 aromatic carbocycles. The molecule has 0 spiro atoms. The van der Waals surface area contributed by atoms with E-state index in [4.69, 9.17) is 10.5 Å². The summed E-state index contributed by atoms with van der Waals surface area (Å²) in [4.78, 5) is 10.8. The SMILES string of the molecule is Cc1ccc(-c2ccsc2)c(OC(N)=O)c1. The molecule has 82 valence electrons. The number of carbonyl (C=O) groups is 1. The number of amides is 1. The van der Waals surface area contributed by atoms with Crippen LogP contribution in [0.1, 0.15) is 5.56 Å². The van der Waals surface area contributed by atoms with Crippen molar-refractivity contribution in [3.8, 4) is 16.9 Å². The fraction of sp³-hybridized carbons (Fsp3) is 0.0833. The Morgan fingerprint density at radius 3 is 2.81 bits per heavy atom. The molecule has 0 radical (unpaired) electrons. The molecular weight excluding hydrogens is 222 g/mol. The van der Waals surface area contributed by atoms with Crippen molar-refractivity contribution in [3.63, 3.8) is 0 Å². The minimum atomic E-state index is -0.790. The lowest BCUT2D eigenvalue weighted by Gasteiger charge is -2.08. The second-order valence-corrected chi connectivity index (χ2v) is 4.21. The normalized spacial score (nSPS) is 10.1. The number of hydrogen-bond acceptors (Lipinski definition) is 3. The van der Waals surface area contributed by atoms with Gasteiger partial charge in [0.25, 0.3) is 0 Å². The molecule has 0 aliphatic heterocycles. The first kappa shape index (κ1) is 10.7. The van der Waals surface area contributed by atoms with E-state index in [0.717, 1.165) is 16.7 Å². The molecule has 1 aromatic heterocycles. The van der Waals surface area contributed by atoms with Crippen molar-refractivity contribution in [2.24, 2.45) is 5.73 Å². The van der Waals surface area contributed by atoms with E-state index in [1.165, 1.54) is 0 Å². The number of ether oxygens (including phenoxy) is 1. The molecule has 0 bridgehead atoms. The smallest absolute Gasteiger partial charge is 0.409 e. The number of rotatable bonds is 2. The number of carbonyl (C=O) groups excluding carboxylic acids is 1. The number of hydrogen-bond donors (Lipinski definition) is 1. The van der Waals surface area contributed by atoms with E-state index in [0.29, 0.717) is 5.75 Å². The lowest BCUT2D eigenvalue weighted by Crippen LogP contribution is -2.16. The highest BCUT2D eigenvalue weighted by Crippen LogP contribution is 2.32. The molecule has 2 N–H and O–H groups in total. The molecule has 4 heteroatoms. The highest BCUT2D eigenvalue weighted by atomic mass is 32.1. The van der Waals surface area contributed by atoms with E-state index in [1.807, 2.05) is 35.9 Å². The van der Waals surface area contributed by atoms with Gasteiger partial charge in [0.1, 0.15) is 5.75 Å². The molecule has 0 aliphatic carbocycles. The Bertz CT molecular complexity index is 506. The third kappa shape index (κ3) is 2.23. The summed E-state index contributed by atoms with van der Waals surface area (Å²) in [6.45, 7) is 1.94. The predicted molar refractivity (Wildman–Crippen MR) is 64.7 cm³/mol. The van der Waals surface area contributed by atoms with Gasteiger partial charge in [0.15, 0.2) is 0 Å². The molecule has 1 amide bonds. The quantitative estimate of drug-likeness (QED) is 0.866. The number of thiophene rings is 1. The third-order valence-corrected chi connectivity index (χ3v) is 2.86. The fourth-order valence-corrected chi connectivity index (χ4v) is 2.13. The first-order chi connectivity index (χ1) is 7.66.